The zero-order valence-electron chi connectivity index (χ0n) is 39.2. The van der Waals surface area contributed by atoms with Crippen LogP contribution in [-0.4, -0.2) is 19.9 Å². The van der Waals surface area contributed by atoms with Crippen LogP contribution in [-0.2, 0) is 18.5 Å². The molecule has 12 heteroatoms. The Hall–Kier alpha value is -7.98. The second-order valence-corrected chi connectivity index (χ2v) is 17.8. The molecule has 1 aliphatic rings. The Morgan fingerprint density at radius 1 is 0.342 bits per heavy atom. The predicted octanol–water partition coefficient (Wildman–Crippen LogP) is -1.62. The average Bonchev–Trinajstić information content (AvgIpc) is 4.11. The number of H-pyrrole nitrogens is 2. The van der Waals surface area contributed by atoms with Gasteiger partial charge in [-0.05, 0) is 79.9 Å². The van der Waals surface area contributed by atoms with E-state index in [1.165, 1.54) is 33.4 Å². The Kier molecular flexibility index (Phi) is 14.4. The van der Waals surface area contributed by atoms with Crippen LogP contribution >= 0.6 is 0 Å². The molecule has 0 radical (unpaired) electrons. The van der Waals surface area contributed by atoms with Gasteiger partial charge in [-0.25, -0.2) is 9.97 Å². The van der Waals surface area contributed by atoms with Crippen molar-refractivity contribution in [2.45, 2.75) is 18.5 Å². The molecule has 0 bridgehead atoms. The lowest BCUT2D eigenvalue weighted by molar-refractivity contribution is -0.689. The summed E-state index contributed by atoms with van der Waals surface area (Å²) in [6, 6.07) is 69.8. The van der Waals surface area contributed by atoms with Crippen LogP contribution in [0.15, 0.2) is 244 Å². The van der Waals surface area contributed by atoms with Crippen molar-refractivity contribution in [3.8, 4) is 44.8 Å². The van der Waals surface area contributed by atoms with E-state index < -0.39 is 5.41 Å². The highest BCUT2D eigenvalue weighted by atomic mass is 35.5. The second-order valence-electron chi connectivity index (χ2n) is 17.8. The van der Waals surface area contributed by atoms with E-state index >= 15 is 0 Å². The second kappa shape index (κ2) is 21.0. The Morgan fingerprint density at radius 3 is 1.04 bits per heavy atom. The molecule has 0 saturated heterocycles. The molecule has 0 atom stereocenters. The zero-order valence-corrected chi connectivity index (χ0v) is 42.2. The molecule has 6 heterocycles. The van der Waals surface area contributed by atoms with Gasteiger partial charge in [-0.2, -0.15) is 18.3 Å². The van der Waals surface area contributed by atoms with E-state index in [2.05, 4.69) is 236 Å². The summed E-state index contributed by atoms with van der Waals surface area (Å²) in [7, 11) is 0. The van der Waals surface area contributed by atoms with Gasteiger partial charge in [0.15, 0.2) is 61.2 Å². The van der Waals surface area contributed by atoms with Crippen molar-refractivity contribution in [2.24, 2.45) is 0 Å². The van der Waals surface area contributed by atoms with E-state index in [0.29, 0.717) is 13.1 Å². The van der Waals surface area contributed by atoms with Gasteiger partial charge >= 0.3 is 0 Å². The average molecular weight is 1030 g/mol. The molecule has 6 aromatic heterocycles. The fourth-order valence-electron chi connectivity index (χ4n) is 10.4. The van der Waals surface area contributed by atoms with E-state index in [-0.39, 0.29) is 49.6 Å². The Balaban J connectivity index is 0.00000164. The molecule has 12 aromatic rings. The summed E-state index contributed by atoms with van der Waals surface area (Å²) in [5, 5.41) is 0. The summed E-state index contributed by atoms with van der Waals surface area (Å²) in [6.45, 7) is 1.36. The summed E-state index contributed by atoms with van der Waals surface area (Å²) in [6.07, 6.45) is 17.1. The number of benzene rings is 6. The highest BCUT2D eigenvalue weighted by molar-refractivity contribution is 5.86. The molecule has 73 heavy (non-hydrogen) atoms. The monoisotopic (exact) mass is 1030 g/mol. The van der Waals surface area contributed by atoms with Gasteiger partial charge in [0.05, 0.1) is 27.5 Å². The zero-order chi connectivity index (χ0) is 45.7. The first-order valence-corrected chi connectivity index (χ1v) is 23.4. The number of rotatable bonds is 10. The number of nitrogens with zero attached hydrogens (tertiary/aromatic N) is 6. The number of imidazole rings is 2. The number of nitrogens with one attached hydrogen (secondary N) is 2. The normalized spacial score (nSPS) is 11.9. The summed E-state index contributed by atoms with van der Waals surface area (Å²) < 4.78 is 8.68. The molecule has 0 unspecified atom stereocenters. The van der Waals surface area contributed by atoms with Crippen molar-refractivity contribution in [1.29, 1.82) is 0 Å². The molecule has 0 saturated carbocycles. The lowest BCUT2D eigenvalue weighted by Gasteiger charge is -2.33. The lowest BCUT2D eigenvalue weighted by Crippen LogP contribution is -3.00. The van der Waals surface area contributed by atoms with Gasteiger partial charge in [0, 0.05) is 72.8 Å². The van der Waals surface area contributed by atoms with E-state index in [4.69, 9.17) is 9.97 Å². The molecule has 2 N–H and O–H groups in total. The van der Waals surface area contributed by atoms with Gasteiger partial charge in [0.2, 0.25) is 24.5 Å². The molecule has 13 rings (SSSR count). The van der Waals surface area contributed by atoms with Crippen LogP contribution in [0, 0.1) is 0 Å². The van der Waals surface area contributed by atoms with Crippen LogP contribution in [0.3, 0.4) is 0 Å². The number of hydrogen-bond acceptors (Lipinski definition) is 2. The van der Waals surface area contributed by atoms with Gasteiger partial charge in [-0.3, -0.25) is 0 Å². The molecule has 1 aliphatic carbocycles. The fourth-order valence-corrected chi connectivity index (χ4v) is 10.4. The Bertz CT molecular complexity index is 3500. The highest BCUT2D eigenvalue weighted by Crippen LogP contribution is 2.56. The Labute approximate surface area is 448 Å². The van der Waals surface area contributed by atoms with Gasteiger partial charge in [0.25, 0.3) is 0 Å². The maximum Gasteiger partial charge on any atom is 0.210 e. The molecule has 0 amide bonds. The van der Waals surface area contributed by atoms with Crippen LogP contribution in [0.25, 0.3) is 66.8 Å². The van der Waals surface area contributed by atoms with E-state index in [1.54, 1.807) is 0 Å². The number of aromatic nitrogens is 8. The van der Waals surface area contributed by atoms with Crippen LogP contribution in [0.1, 0.15) is 33.9 Å². The van der Waals surface area contributed by atoms with Crippen LogP contribution in [0.2, 0.25) is 0 Å². The Morgan fingerprint density at radius 2 is 0.671 bits per heavy atom. The maximum absolute atomic E-state index is 4.75. The minimum absolute atomic E-state index is 0. The summed E-state index contributed by atoms with van der Waals surface area (Å²) in [5.41, 5.74) is 18.0. The molecule has 0 spiro atoms. The number of hydrogen-bond donors (Lipinski definition) is 2. The smallest absolute Gasteiger partial charge is 0.210 e. The van der Waals surface area contributed by atoms with Gasteiger partial charge in [-0.1, -0.05) is 97.1 Å². The standard InChI is InChI=1S/C61H44N8.4ClH/c1-3-11-53-51(9-1)52-10-2-4-12-54(52)61(53,47-17-21-49(22-18-47)68-37-29-45(30-38-68)43-25-33-66(34-26-43)41-59-62-55-13-5-6-14-56(55)63-59)48-19-23-50(24-20-48)69-39-31-46(32-40-69)44-27-35-67(36-28-44)42-60-64-57-15-7-8-16-58(57)65-60;;;;/h1-40H,41-42H2;4*1H/q+2;;;;/p-2. The largest absolute Gasteiger partial charge is 1.00 e. The number of pyridine rings is 4. The summed E-state index contributed by atoms with van der Waals surface area (Å²) in [5.74, 6) is 1.88. The molecule has 8 nitrogen and oxygen atoms in total. The van der Waals surface area contributed by atoms with E-state index in [9.17, 15) is 0 Å². The van der Waals surface area contributed by atoms with Crippen molar-refractivity contribution < 1.29 is 67.9 Å². The maximum atomic E-state index is 4.75. The molecular formula is C61H46Cl4N8. The lowest BCUT2D eigenvalue weighted by atomic mass is 9.67. The van der Waals surface area contributed by atoms with Gasteiger partial charge in [0.1, 0.15) is 0 Å². The summed E-state index contributed by atoms with van der Waals surface area (Å²) >= 11 is 0. The SMILES string of the molecule is [Cl-].[Cl-].[Cl-].[Cl-].c1ccc2c(c1)-c1ccccc1C2(c1ccc(-[n+]2ccc(-c3cc[n+](Cc4nc5ccccc5[nH]4)cc3)cc2)cc1)c1ccc(-[n+]2ccc(-c3cc[n+](Cc4nc5ccccc5[nH]4)cc3)cc2)cc1. The topological polar surface area (TPSA) is 72.9 Å². The van der Waals surface area contributed by atoms with Crippen LogP contribution < -0.4 is 67.9 Å². The van der Waals surface area contributed by atoms with Crippen LogP contribution in [0.4, 0.5) is 0 Å². The van der Waals surface area contributed by atoms with Gasteiger partial charge in [-0.15, -0.1) is 0 Å². The van der Waals surface area contributed by atoms with Crippen molar-refractivity contribution in [2.75, 3.05) is 0 Å². The third kappa shape index (κ3) is 9.15. The number of fused-ring (bicyclic) bond motifs is 5. The highest BCUT2D eigenvalue weighted by Gasteiger charge is 2.46. The van der Waals surface area contributed by atoms with Gasteiger partial charge < -0.3 is 59.6 Å². The van der Waals surface area contributed by atoms with Crippen molar-refractivity contribution in [3.05, 3.63) is 278 Å². The minimum atomic E-state index is -0.504. The molecule has 0 aliphatic heterocycles. The number of para-hydroxylation sites is 4. The first-order valence-electron chi connectivity index (χ1n) is 23.4. The number of aromatic amines is 2. The summed E-state index contributed by atoms with van der Waals surface area (Å²) in [4.78, 5) is 16.4. The number of halogens is 4. The van der Waals surface area contributed by atoms with Crippen molar-refractivity contribution in [3.63, 3.8) is 0 Å². The first kappa shape index (κ1) is 50.0. The van der Waals surface area contributed by atoms with Crippen molar-refractivity contribution >= 4 is 22.1 Å². The quantitative estimate of drug-likeness (QED) is 0.162. The van der Waals surface area contributed by atoms with Crippen LogP contribution in [0.5, 0.6) is 0 Å². The molecular weight excluding hydrogens is 987 g/mol. The minimum Gasteiger partial charge on any atom is -1.00 e. The third-order valence-corrected chi connectivity index (χ3v) is 13.8. The molecule has 358 valence electrons. The van der Waals surface area contributed by atoms with E-state index in [1.807, 2.05) is 36.4 Å². The fraction of sp³-hybridized carbons (Fsp3) is 0.0492. The van der Waals surface area contributed by atoms with Crippen molar-refractivity contribution in [1.82, 2.24) is 19.9 Å². The van der Waals surface area contributed by atoms with E-state index in [0.717, 1.165) is 67.3 Å². The third-order valence-electron chi connectivity index (χ3n) is 13.8. The molecule has 6 aromatic carbocycles. The predicted molar refractivity (Wildman–Crippen MR) is 268 cm³/mol. The first-order chi connectivity index (χ1) is 34.1. The molecule has 0 fully saturated rings.